The maximum atomic E-state index is 2.39. The fourth-order valence-corrected chi connectivity index (χ4v) is 2.72. The van der Waals surface area contributed by atoms with Crippen molar-refractivity contribution in [2.45, 2.75) is 53.4 Å². The lowest BCUT2D eigenvalue weighted by molar-refractivity contribution is 0.181. The van der Waals surface area contributed by atoms with Crippen molar-refractivity contribution in [1.29, 1.82) is 0 Å². The molecule has 3 aliphatic heterocycles. The van der Waals surface area contributed by atoms with Gasteiger partial charge in [0.25, 0.3) is 0 Å². The average Bonchev–Trinajstić information content (AvgIpc) is 2.70. The lowest BCUT2D eigenvalue weighted by Crippen LogP contribution is -2.42. The Hall–Kier alpha value is -0.420. The maximum absolute atomic E-state index is 2.39. The molecule has 0 aliphatic carbocycles. The molecule has 0 saturated carbocycles. The molecule has 0 aromatic heterocycles. The van der Waals surface area contributed by atoms with Crippen LogP contribution in [-0.2, 0) is 0 Å². The zero-order valence-electron chi connectivity index (χ0n) is 19.4. The molecule has 2 fully saturated rings. The van der Waals surface area contributed by atoms with Gasteiger partial charge in [-0.3, -0.25) is 0 Å². The van der Waals surface area contributed by atoms with Crippen molar-refractivity contribution in [3.8, 4) is 0 Å². The Balaban J connectivity index is 0. The van der Waals surface area contributed by atoms with Crippen LogP contribution in [-0.4, -0.2) is 100 Å². The van der Waals surface area contributed by atoms with Crippen LogP contribution < -0.4 is 0 Å². The van der Waals surface area contributed by atoms with Gasteiger partial charge in [-0.15, -0.1) is 0 Å². The normalized spacial score (nSPS) is 21.5. The van der Waals surface area contributed by atoms with Gasteiger partial charge in [0.05, 0.1) is 0 Å². The molecule has 0 atom stereocenters. The largest absolute Gasteiger partial charge is 0.306 e. The predicted octanol–water partition coefficient (Wildman–Crippen LogP) is 3.90. The van der Waals surface area contributed by atoms with Gasteiger partial charge < -0.3 is 19.6 Å². The first kappa shape index (κ1) is 27.8. The molecule has 158 valence electrons. The van der Waals surface area contributed by atoms with E-state index in [1.807, 2.05) is 27.7 Å². The summed E-state index contributed by atoms with van der Waals surface area (Å²) in [6.45, 7) is 17.9. The second-order valence-electron chi connectivity index (χ2n) is 6.99. The molecular weight excluding hydrogens is 320 g/mol. The number of nitrogens with zero attached hydrogens (tertiary/aromatic N) is 4. The van der Waals surface area contributed by atoms with E-state index in [9.17, 15) is 0 Å². The van der Waals surface area contributed by atoms with Crippen molar-refractivity contribution in [2.75, 3.05) is 80.5 Å². The van der Waals surface area contributed by atoms with E-state index in [2.05, 4.69) is 59.9 Å². The Morgan fingerprint density at radius 2 is 0.885 bits per heavy atom. The number of likely N-dealkylation sites (N-methyl/N-ethyl adjacent to an activating group) is 3. The Bertz CT molecular complexity index is 270. The Morgan fingerprint density at radius 1 is 0.462 bits per heavy atom. The Morgan fingerprint density at radius 3 is 1.12 bits per heavy atom. The summed E-state index contributed by atoms with van der Waals surface area (Å²) in [7, 11) is 8.68. The van der Waals surface area contributed by atoms with Gasteiger partial charge in [0.15, 0.2) is 0 Å². The number of rotatable bonds is 0. The van der Waals surface area contributed by atoms with Gasteiger partial charge in [-0.25, -0.2) is 0 Å². The first-order chi connectivity index (χ1) is 12.6. The van der Waals surface area contributed by atoms with Crippen LogP contribution in [0.15, 0.2) is 12.2 Å². The number of hydrogen-bond donors (Lipinski definition) is 0. The van der Waals surface area contributed by atoms with E-state index in [0.717, 1.165) is 6.54 Å². The van der Waals surface area contributed by atoms with E-state index in [-0.39, 0.29) is 0 Å². The summed E-state index contributed by atoms with van der Waals surface area (Å²) in [5.41, 5.74) is 0. The fourth-order valence-electron chi connectivity index (χ4n) is 2.72. The molecule has 4 nitrogen and oxygen atoms in total. The van der Waals surface area contributed by atoms with Crippen LogP contribution in [0.25, 0.3) is 0 Å². The SMILES string of the molecule is CC.CC.CN1CC=CCC1.CN1CCCCC1.CN1CCN(C)CC1. The van der Waals surface area contributed by atoms with E-state index in [1.165, 1.54) is 71.5 Å². The smallest absolute Gasteiger partial charge is 0.0160 e. The third kappa shape index (κ3) is 18.4. The maximum Gasteiger partial charge on any atom is 0.0160 e. The molecule has 0 N–H and O–H groups in total. The molecule has 2 saturated heterocycles. The first-order valence-electron chi connectivity index (χ1n) is 11.0. The summed E-state index contributed by atoms with van der Waals surface area (Å²) in [5.74, 6) is 0. The van der Waals surface area contributed by atoms with Crippen molar-refractivity contribution in [2.24, 2.45) is 0 Å². The van der Waals surface area contributed by atoms with E-state index >= 15 is 0 Å². The average molecular weight is 371 g/mol. The van der Waals surface area contributed by atoms with Gasteiger partial charge in [-0.05, 0) is 60.5 Å². The molecule has 4 heteroatoms. The second kappa shape index (κ2) is 20.9. The highest BCUT2D eigenvalue weighted by atomic mass is 15.2. The van der Waals surface area contributed by atoms with Gasteiger partial charge in [0, 0.05) is 39.3 Å². The molecule has 0 spiro atoms. The molecule has 0 radical (unpaired) electrons. The van der Waals surface area contributed by atoms with Crippen molar-refractivity contribution >= 4 is 0 Å². The predicted molar refractivity (Wildman–Crippen MR) is 120 cm³/mol. The fraction of sp³-hybridized carbons (Fsp3) is 0.909. The summed E-state index contributed by atoms with van der Waals surface area (Å²) >= 11 is 0. The highest BCUT2D eigenvalue weighted by Gasteiger charge is 2.07. The molecule has 26 heavy (non-hydrogen) atoms. The number of hydrogen-bond acceptors (Lipinski definition) is 4. The standard InChI is InChI=1S/C6H14N2.C6H13N.C6H11N.2C2H6/c1-7-3-5-8(2)6-4-7;2*1-7-5-3-2-4-6-7;2*1-2/h3-6H2,1-2H3;2-6H2,1H3;2-3H,4-6H2,1H3;2*1-2H3. The van der Waals surface area contributed by atoms with Crippen LogP contribution in [0.2, 0.25) is 0 Å². The van der Waals surface area contributed by atoms with Crippen LogP contribution in [0.3, 0.4) is 0 Å². The van der Waals surface area contributed by atoms with Crippen LogP contribution in [0.5, 0.6) is 0 Å². The lowest BCUT2D eigenvalue weighted by Gasteiger charge is -2.28. The van der Waals surface area contributed by atoms with Crippen LogP contribution in [0.1, 0.15) is 53.4 Å². The summed E-state index contributed by atoms with van der Waals surface area (Å²) in [5, 5.41) is 0. The van der Waals surface area contributed by atoms with Gasteiger partial charge in [-0.1, -0.05) is 46.3 Å². The monoisotopic (exact) mass is 370 g/mol. The van der Waals surface area contributed by atoms with Crippen molar-refractivity contribution in [1.82, 2.24) is 19.6 Å². The summed E-state index contributed by atoms with van der Waals surface area (Å²) in [6.07, 6.45) is 9.96. The minimum atomic E-state index is 1.14. The van der Waals surface area contributed by atoms with Crippen molar-refractivity contribution in [3.05, 3.63) is 12.2 Å². The molecule has 3 rings (SSSR count). The summed E-state index contributed by atoms with van der Waals surface area (Å²) in [4.78, 5) is 9.42. The van der Waals surface area contributed by atoms with Crippen LogP contribution >= 0.6 is 0 Å². The zero-order valence-corrected chi connectivity index (χ0v) is 19.4. The molecule has 0 amide bonds. The lowest BCUT2D eigenvalue weighted by atomic mass is 10.1. The highest BCUT2D eigenvalue weighted by Crippen LogP contribution is 2.04. The van der Waals surface area contributed by atoms with Crippen molar-refractivity contribution in [3.63, 3.8) is 0 Å². The number of piperidine rings is 1. The number of likely N-dealkylation sites (tertiary alicyclic amines) is 1. The number of piperazine rings is 1. The van der Waals surface area contributed by atoms with E-state index in [1.54, 1.807) is 0 Å². The minimum Gasteiger partial charge on any atom is -0.306 e. The first-order valence-corrected chi connectivity index (χ1v) is 11.0. The van der Waals surface area contributed by atoms with Crippen molar-refractivity contribution < 1.29 is 0 Å². The second-order valence-corrected chi connectivity index (χ2v) is 6.99. The van der Waals surface area contributed by atoms with Gasteiger partial charge in [0.1, 0.15) is 0 Å². The van der Waals surface area contributed by atoms with Crippen LogP contribution in [0.4, 0.5) is 0 Å². The molecule has 0 aromatic carbocycles. The van der Waals surface area contributed by atoms with E-state index in [4.69, 9.17) is 0 Å². The summed E-state index contributed by atoms with van der Waals surface area (Å²) < 4.78 is 0. The topological polar surface area (TPSA) is 13.0 Å². The molecule has 0 bridgehead atoms. The van der Waals surface area contributed by atoms with Gasteiger partial charge in [-0.2, -0.15) is 0 Å². The zero-order chi connectivity index (χ0) is 20.2. The third-order valence-corrected chi connectivity index (χ3v) is 4.57. The van der Waals surface area contributed by atoms with E-state index in [0.29, 0.717) is 0 Å². The summed E-state index contributed by atoms with van der Waals surface area (Å²) in [6, 6.07) is 0. The van der Waals surface area contributed by atoms with Crippen LogP contribution in [0, 0.1) is 0 Å². The Kier molecular flexibility index (Phi) is 22.3. The molecule has 0 aromatic rings. The molecular formula is C22H50N4. The highest BCUT2D eigenvalue weighted by molar-refractivity contribution is 4.89. The van der Waals surface area contributed by atoms with Gasteiger partial charge >= 0.3 is 0 Å². The minimum absolute atomic E-state index is 1.14. The third-order valence-electron chi connectivity index (χ3n) is 4.57. The molecule has 0 unspecified atom stereocenters. The van der Waals surface area contributed by atoms with E-state index < -0.39 is 0 Å². The van der Waals surface area contributed by atoms with Gasteiger partial charge in [0.2, 0.25) is 0 Å². The molecule has 3 aliphatic rings. The quantitative estimate of drug-likeness (QED) is 0.600. The Labute approximate surface area is 166 Å². The molecule has 3 heterocycles.